The highest BCUT2D eigenvalue weighted by Crippen LogP contribution is 2.26. The number of carbonyl (C=O) groups is 3. The molecule has 6 nitrogen and oxygen atoms in total. The Labute approximate surface area is 112 Å². The third kappa shape index (κ3) is 2.94. The Hall–Kier alpha value is -1.43. The summed E-state index contributed by atoms with van der Waals surface area (Å²) in [4.78, 5) is 37.4. The number of imide groups is 1. The summed E-state index contributed by atoms with van der Waals surface area (Å²) in [6.45, 7) is 2.88. The molecule has 0 aromatic carbocycles. The minimum absolute atomic E-state index is 0.103. The zero-order valence-electron chi connectivity index (χ0n) is 11.2. The van der Waals surface area contributed by atoms with Crippen LogP contribution in [0.25, 0.3) is 0 Å². The fourth-order valence-corrected chi connectivity index (χ4v) is 2.70. The van der Waals surface area contributed by atoms with Gasteiger partial charge in [-0.25, -0.2) is 0 Å². The molecule has 2 aliphatic heterocycles. The number of hydrogen-bond acceptors (Lipinski definition) is 4. The van der Waals surface area contributed by atoms with Crippen LogP contribution in [0.15, 0.2) is 0 Å². The van der Waals surface area contributed by atoms with Crippen molar-refractivity contribution in [1.82, 2.24) is 9.80 Å². The van der Waals surface area contributed by atoms with E-state index in [1.165, 1.54) is 0 Å². The number of aliphatic hydroxyl groups is 1. The average molecular weight is 268 g/mol. The highest BCUT2D eigenvalue weighted by atomic mass is 16.3. The van der Waals surface area contributed by atoms with Crippen molar-refractivity contribution in [3.05, 3.63) is 0 Å². The molecule has 3 amide bonds. The van der Waals surface area contributed by atoms with Crippen molar-refractivity contribution in [3.63, 3.8) is 0 Å². The van der Waals surface area contributed by atoms with Crippen molar-refractivity contribution < 1.29 is 19.5 Å². The quantitative estimate of drug-likeness (QED) is 0.706. The number of β-amino-alcohol motifs (C(OH)–C–C–N with tert-alkyl or cyclic N) is 1. The molecular formula is C13H20N2O4. The van der Waals surface area contributed by atoms with Gasteiger partial charge in [0.25, 0.3) is 0 Å². The molecule has 0 unspecified atom stereocenters. The lowest BCUT2D eigenvalue weighted by Crippen LogP contribution is -2.63. The molecule has 0 bridgehead atoms. The van der Waals surface area contributed by atoms with E-state index in [1.54, 1.807) is 4.90 Å². The van der Waals surface area contributed by atoms with Crippen LogP contribution >= 0.6 is 0 Å². The molecule has 2 aliphatic rings. The van der Waals surface area contributed by atoms with Gasteiger partial charge >= 0.3 is 0 Å². The van der Waals surface area contributed by atoms with Gasteiger partial charge in [-0.05, 0) is 6.42 Å². The predicted octanol–water partition coefficient (Wildman–Crippen LogP) is -0.101. The summed E-state index contributed by atoms with van der Waals surface area (Å²) < 4.78 is 0. The molecule has 0 aromatic heterocycles. The molecule has 6 heteroatoms. The number of rotatable bonds is 5. The Bertz CT molecular complexity index is 385. The molecular weight excluding hydrogens is 248 g/mol. The fourth-order valence-electron chi connectivity index (χ4n) is 2.70. The van der Waals surface area contributed by atoms with Gasteiger partial charge in [-0.15, -0.1) is 0 Å². The van der Waals surface area contributed by atoms with Crippen molar-refractivity contribution in [2.24, 2.45) is 0 Å². The largest absolute Gasteiger partial charge is 0.386 e. The minimum Gasteiger partial charge on any atom is -0.386 e. The highest BCUT2D eigenvalue weighted by Gasteiger charge is 2.42. The average Bonchev–Trinajstić information content (AvgIpc) is 2.63. The van der Waals surface area contributed by atoms with Crippen molar-refractivity contribution >= 4 is 17.7 Å². The van der Waals surface area contributed by atoms with Crippen molar-refractivity contribution in [2.45, 2.75) is 44.6 Å². The van der Waals surface area contributed by atoms with Gasteiger partial charge in [0, 0.05) is 25.8 Å². The molecule has 0 spiro atoms. The first kappa shape index (κ1) is 14.0. The van der Waals surface area contributed by atoms with E-state index in [0.29, 0.717) is 19.5 Å². The van der Waals surface area contributed by atoms with Crippen LogP contribution in [-0.4, -0.2) is 57.9 Å². The molecule has 0 atom stereocenters. The lowest BCUT2D eigenvalue weighted by atomic mass is 9.89. The lowest BCUT2D eigenvalue weighted by molar-refractivity contribution is -0.157. The number of hydrogen-bond donors (Lipinski definition) is 1. The van der Waals surface area contributed by atoms with E-state index in [2.05, 4.69) is 0 Å². The van der Waals surface area contributed by atoms with Gasteiger partial charge in [-0.2, -0.15) is 0 Å². The zero-order chi connectivity index (χ0) is 14.0. The number of nitrogens with zero attached hydrogens (tertiary/aromatic N) is 2. The van der Waals surface area contributed by atoms with Crippen molar-refractivity contribution in [3.8, 4) is 0 Å². The van der Waals surface area contributed by atoms with Gasteiger partial charge in [0.05, 0.1) is 18.7 Å². The summed E-state index contributed by atoms with van der Waals surface area (Å²) in [6, 6.07) is 0. The molecule has 2 saturated heterocycles. The first-order valence-corrected chi connectivity index (χ1v) is 6.78. The molecule has 19 heavy (non-hydrogen) atoms. The zero-order valence-corrected chi connectivity index (χ0v) is 11.2. The summed E-state index contributed by atoms with van der Waals surface area (Å²) in [5.41, 5.74) is -0.732. The third-order valence-electron chi connectivity index (χ3n) is 3.74. The first-order valence-electron chi connectivity index (χ1n) is 6.78. The van der Waals surface area contributed by atoms with Gasteiger partial charge in [-0.3, -0.25) is 19.3 Å². The van der Waals surface area contributed by atoms with Crippen LogP contribution < -0.4 is 0 Å². The number of carbonyl (C=O) groups excluding carboxylic acids is 3. The van der Waals surface area contributed by atoms with E-state index in [0.717, 1.165) is 11.3 Å². The summed E-state index contributed by atoms with van der Waals surface area (Å²) in [5, 5.41) is 9.98. The molecule has 2 heterocycles. The van der Waals surface area contributed by atoms with E-state index in [9.17, 15) is 19.5 Å². The molecule has 1 N–H and O–H groups in total. The maximum absolute atomic E-state index is 11.9. The Morgan fingerprint density at radius 1 is 1.26 bits per heavy atom. The van der Waals surface area contributed by atoms with Crippen molar-refractivity contribution in [2.75, 3.05) is 19.6 Å². The topological polar surface area (TPSA) is 77.9 Å². The summed E-state index contributed by atoms with van der Waals surface area (Å²) >= 11 is 0. The highest BCUT2D eigenvalue weighted by molar-refractivity contribution is 6.02. The van der Waals surface area contributed by atoms with E-state index in [-0.39, 0.29) is 43.5 Å². The van der Waals surface area contributed by atoms with Crippen LogP contribution in [0.3, 0.4) is 0 Å². The Balaban J connectivity index is 1.74. The molecule has 2 rings (SSSR count). The molecule has 0 aliphatic carbocycles. The normalized spacial score (nSPS) is 21.8. The van der Waals surface area contributed by atoms with Gasteiger partial charge in [-0.1, -0.05) is 13.3 Å². The predicted molar refractivity (Wildman–Crippen MR) is 67.0 cm³/mol. The summed E-state index contributed by atoms with van der Waals surface area (Å²) in [7, 11) is 0. The van der Waals surface area contributed by atoms with E-state index in [4.69, 9.17) is 0 Å². The van der Waals surface area contributed by atoms with Crippen molar-refractivity contribution in [1.29, 1.82) is 0 Å². The SMILES string of the molecule is CCCC1(O)CN(C(=O)CCN2C(=O)CCC2=O)C1. The van der Waals surface area contributed by atoms with Crippen LogP contribution in [0.4, 0.5) is 0 Å². The second-order valence-corrected chi connectivity index (χ2v) is 5.41. The fraction of sp³-hybridized carbons (Fsp3) is 0.769. The standard InChI is InChI=1S/C13H20N2O4/c1-2-6-13(19)8-14(9-13)10(16)5-7-15-11(17)3-4-12(15)18/h19H,2-9H2,1H3. The number of likely N-dealkylation sites (tertiary alicyclic amines) is 2. The molecule has 2 fully saturated rings. The monoisotopic (exact) mass is 268 g/mol. The van der Waals surface area contributed by atoms with Crippen LogP contribution in [0.2, 0.25) is 0 Å². The Kier molecular flexibility index (Phi) is 3.89. The molecule has 0 saturated carbocycles. The van der Waals surface area contributed by atoms with Crippen LogP contribution in [0.5, 0.6) is 0 Å². The second kappa shape index (κ2) is 5.28. The van der Waals surface area contributed by atoms with Gasteiger partial charge < -0.3 is 10.0 Å². The minimum atomic E-state index is -0.732. The van der Waals surface area contributed by atoms with Gasteiger partial charge in [0.2, 0.25) is 17.7 Å². The summed E-state index contributed by atoms with van der Waals surface area (Å²) in [6.07, 6.45) is 2.24. The maximum Gasteiger partial charge on any atom is 0.229 e. The Morgan fingerprint density at radius 3 is 2.37 bits per heavy atom. The van der Waals surface area contributed by atoms with Crippen LogP contribution in [0, 0.1) is 0 Å². The maximum atomic E-state index is 11.9. The molecule has 106 valence electrons. The van der Waals surface area contributed by atoms with E-state index < -0.39 is 5.60 Å². The third-order valence-corrected chi connectivity index (χ3v) is 3.74. The van der Waals surface area contributed by atoms with Gasteiger partial charge in [0.1, 0.15) is 0 Å². The first-order chi connectivity index (χ1) is 8.95. The Morgan fingerprint density at radius 2 is 1.84 bits per heavy atom. The summed E-state index contributed by atoms with van der Waals surface area (Å²) in [5.74, 6) is -0.485. The lowest BCUT2D eigenvalue weighted by Gasteiger charge is -2.46. The number of amides is 3. The smallest absolute Gasteiger partial charge is 0.229 e. The van der Waals surface area contributed by atoms with Gasteiger partial charge in [0.15, 0.2) is 0 Å². The van der Waals surface area contributed by atoms with Crippen LogP contribution in [-0.2, 0) is 14.4 Å². The van der Waals surface area contributed by atoms with E-state index >= 15 is 0 Å². The van der Waals surface area contributed by atoms with E-state index in [1.807, 2.05) is 6.92 Å². The molecule has 0 radical (unpaired) electrons. The van der Waals surface area contributed by atoms with Crippen LogP contribution in [0.1, 0.15) is 39.0 Å². The second-order valence-electron chi connectivity index (χ2n) is 5.41. The molecule has 0 aromatic rings.